The molecule has 2 aromatic carbocycles. The number of amides is 3. The summed E-state index contributed by atoms with van der Waals surface area (Å²) >= 11 is 0. The molecular weight excluding hydrogens is 478 g/mol. The third-order valence-corrected chi connectivity index (χ3v) is 5.89. The Kier molecular flexibility index (Phi) is 8.86. The first-order chi connectivity index (χ1) is 17.5. The Morgan fingerprint density at radius 2 is 1.51 bits per heavy atom. The summed E-state index contributed by atoms with van der Waals surface area (Å²) in [6.07, 6.45) is 1.87. The molecule has 4 atom stereocenters. The number of benzene rings is 2. The summed E-state index contributed by atoms with van der Waals surface area (Å²) in [6.45, 7) is 2.91. The van der Waals surface area contributed by atoms with Crippen molar-refractivity contribution in [1.82, 2.24) is 20.9 Å². The molecule has 11 heteroatoms. The highest BCUT2D eigenvalue weighted by molar-refractivity contribution is 5.94. The summed E-state index contributed by atoms with van der Waals surface area (Å²) < 4.78 is 0. The fraction of sp³-hybridized carbons (Fsp3) is 0.308. The minimum absolute atomic E-state index is 0.0182. The molecule has 3 amide bonds. The highest BCUT2D eigenvalue weighted by atomic mass is 16.4. The van der Waals surface area contributed by atoms with Gasteiger partial charge in [0.1, 0.15) is 23.9 Å². The summed E-state index contributed by atoms with van der Waals surface area (Å²) in [5, 5.41) is 27.5. The van der Waals surface area contributed by atoms with E-state index in [9.17, 15) is 29.4 Å². The molecule has 3 rings (SSSR count). The molecule has 3 aromatic rings. The SMILES string of the molecule is CC(N)C(=O)NC(Cc1c[nH]c2ccccc12)C(=O)NC(C)C(=O)NC(Cc1ccc(O)cc1)C(=O)O. The molecule has 0 bridgehead atoms. The van der Waals surface area contributed by atoms with Gasteiger partial charge < -0.3 is 36.9 Å². The van der Waals surface area contributed by atoms with E-state index in [1.54, 1.807) is 18.3 Å². The van der Waals surface area contributed by atoms with Gasteiger partial charge in [-0.1, -0.05) is 30.3 Å². The number of aromatic hydroxyl groups is 1. The van der Waals surface area contributed by atoms with E-state index in [1.165, 1.54) is 26.0 Å². The van der Waals surface area contributed by atoms with Gasteiger partial charge in [0.2, 0.25) is 17.7 Å². The Labute approximate surface area is 213 Å². The fourth-order valence-electron chi connectivity index (χ4n) is 3.78. The largest absolute Gasteiger partial charge is 0.508 e. The zero-order chi connectivity index (χ0) is 27.1. The maximum absolute atomic E-state index is 13.1. The van der Waals surface area contributed by atoms with Crippen LogP contribution in [0.3, 0.4) is 0 Å². The Hall–Kier alpha value is -4.38. The zero-order valence-electron chi connectivity index (χ0n) is 20.5. The van der Waals surface area contributed by atoms with E-state index in [2.05, 4.69) is 20.9 Å². The van der Waals surface area contributed by atoms with Crippen molar-refractivity contribution >= 4 is 34.6 Å². The number of aromatic amines is 1. The third kappa shape index (κ3) is 7.31. The first-order valence-electron chi connectivity index (χ1n) is 11.8. The van der Waals surface area contributed by atoms with Gasteiger partial charge in [-0.05, 0) is 43.2 Å². The number of rotatable bonds is 11. The molecule has 11 nitrogen and oxygen atoms in total. The number of aliphatic carboxylic acids is 1. The summed E-state index contributed by atoms with van der Waals surface area (Å²) in [5.41, 5.74) is 7.93. The van der Waals surface area contributed by atoms with Crippen molar-refractivity contribution in [3.05, 3.63) is 65.9 Å². The van der Waals surface area contributed by atoms with E-state index in [0.717, 1.165) is 16.5 Å². The number of carbonyl (C=O) groups excluding carboxylic acids is 3. The summed E-state index contributed by atoms with van der Waals surface area (Å²) in [7, 11) is 0. The fourth-order valence-corrected chi connectivity index (χ4v) is 3.78. The van der Waals surface area contributed by atoms with Gasteiger partial charge in [-0.15, -0.1) is 0 Å². The first kappa shape index (κ1) is 27.2. The lowest BCUT2D eigenvalue weighted by atomic mass is 10.0. The molecule has 4 unspecified atom stereocenters. The highest BCUT2D eigenvalue weighted by Gasteiger charge is 2.28. The molecule has 0 aliphatic heterocycles. The number of aromatic nitrogens is 1. The van der Waals surface area contributed by atoms with Crippen LogP contribution in [0.5, 0.6) is 5.75 Å². The normalized spacial score (nSPS) is 14.2. The molecule has 1 aromatic heterocycles. The van der Waals surface area contributed by atoms with Crippen LogP contribution < -0.4 is 21.7 Å². The van der Waals surface area contributed by atoms with Crippen LogP contribution in [0.2, 0.25) is 0 Å². The number of hydrogen-bond acceptors (Lipinski definition) is 6. The number of nitrogens with two attached hydrogens (primary N) is 1. The predicted octanol–water partition coefficient (Wildman–Crippen LogP) is 0.565. The van der Waals surface area contributed by atoms with Gasteiger partial charge in [0, 0.05) is 29.9 Å². The van der Waals surface area contributed by atoms with Gasteiger partial charge in [-0.25, -0.2) is 4.79 Å². The van der Waals surface area contributed by atoms with E-state index in [4.69, 9.17) is 5.73 Å². The molecule has 0 fully saturated rings. The van der Waals surface area contributed by atoms with Gasteiger partial charge in [0.15, 0.2) is 0 Å². The molecule has 0 spiro atoms. The number of phenolic OH excluding ortho intramolecular Hbond substituents is 1. The van der Waals surface area contributed by atoms with Crippen molar-refractivity contribution in [1.29, 1.82) is 0 Å². The molecule has 0 saturated heterocycles. The van der Waals surface area contributed by atoms with Crippen LogP contribution in [0.1, 0.15) is 25.0 Å². The quantitative estimate of drug-likeness (QED) is 0.197. The average Bonchev–Trinajstić information content (AvgIpc) is 3.26. The maximum Gasteiger partial charge on any atom is 0.326 e. The van der Waals surface area contributed by atoms with E-state index < -0.39 is 47.9 Å². The first-order valence-corrected chi connectivity index (χ1v) is 11.8. The topological polar surface area (TPSA) is 187 Å². The van der Waals surface area contributed by atoms with Crippen molar-refractivity contribution in [3.63, 3.8) is 0 Å². The van der Waals surface area contributed by atoms with Gasteiger partial charge >= 0.3 is 5.97 Å². The van der Waals surface area contributed by atoms with Crippen LogP contribution in [0, 0.1) is 0 Å². The van der Waals surface area contributed by atoms with Crippen molar-refractivity contribution in [3.8, 4) is 5.75 Å². The number of carbonyl (C=O) groups is 4. The van der Waals surface area contributed by atoms with E-state index in [-0.39, 0.29) is 18.6 Å². The number of H-pyrrole nitrogens is 1. The number of carboxylic acid groups (broad SMARTS) is 1. The van der Waals surface area contributed by atoms with E-state index >= 15 is 0 Å². The van der Waals surface area contributed by atoms with Crippen LogP contribution in [0.25, 0.3) is 10.9 Å². The molecule has 37 heavy (non-hydrogen) atoms. The van der Waals surface area contributed by atoms with Gasteiger partial charge in [-0.2, -0.15) is 0 Å². The molecule has 0 saturated carbocycles. The number of hydrogen-bond donors (Lipinski definition) is 7. The van der Waals surface area contributed by atoms with Crippen LogP contribution in [-0.2, 0) is 32.0 Å². The standard InChI is InChI=1S/C26H31N5O6/c1-14(27)23(33)30-21(12-17-13-28-20-6-4-3-5-19(17)20)25(35)29-15(2)24(34)31-22(26(36)37)11-16-7-9-18(32)10-8-16/h3-10,13-15,21-22,28,32H,11-12,27H2,1-2H3,(H,29,35)(H,30,33)(H,31,34)(H,36,37). The zero-order valence-corrected chi connectivity index (χ0v) is 20.5. The monoisotopic (exact) mass is 509 g/mol. The molecule has 0 aliphatic rings. The van der Waals surface area contributed by atoms with Crippen molar-refractivity contribution in [2.24, 2.45) is 5.73 Å². The Morgan fingerprint density at radius 3 is 2.16 bits per heavy atom. The average molecular weight is 510 g/mol. The Balaban J connectivity index is 1.69. The second-order valence-electron chi connectivity index (χ2n) is 8.91. The van der Waals surface area contributed by atoms with E-state index in [1.807, 2.05) is 24.3 Å². The second-order valence-corrected chi connectivity index (χ2v) is 8.91. The highest BCUT2D eigenvalue weighted by Crippen LogP contribution is 2.19. The van der Waals surface area contributed by atoms with Gasteiger partial charge in [-0.3, -0.25) is 14.4 Å². The summed E-state index contributed by atoms with van der Waals surface area (Å²) in [4.78, 5) is 53.0. The Morgan fingerprint density at radius 1 is 0.865 bits per heavy atom. The maximum atomic E-state index is 13.1. The molecule has 0 radical (unpaired) electrons. The molecular formula is C26H31N5O6. The summed E-state index contributed by atoms with van der Waals surface area (Å²) in [6, 6.07) is 9.23. The minimum atomic E-state index is -1.25. The van der Waals surface area contributed by atoms with Crippen LogP contribution >= 0.6 is 0 Å². The number of phenols is 1. The lowest BCUT2D eigenvalue weighted by Gasteiger charge is -2.23. The lowest BCUT2D eigenvalue weighted by Crippen LogP contribution is -2.56. The predicted molar refractivity (Wildman–Crippen MR) is 137 cm³/mol. The molecule has 8 N–H and O–H groups in total. The molecule has 1 heterocycles. The van der Waals surface area contributed by atoms with Crippen LogP contribution in [0.4, 0.5) is 0 Å². The van der Waals surface area contributed by atoms with Gasteiger partial charge in [0.25, 0.3) is 0 Å². The van der Waals surface area contributed by atoms with Crippen molar-refractivity contribution in [2.75, 3.05) is 0 Å². The molecule has 0 aliphatic carbocycles. The number of carboxylic acids is 1. The van der Waals surface area contributed by atoms with Gasteiger partial charge in [0.05, 0.1) is 6.04 Å². The smallest absolute Gasteiger partial charge is 0.326 e. The summed E-state index contributed by atoms with van der Waals surface area (Å²) in [5.74, 6) is -3.07. The molecule has 196 valence electrons. The van der Waals surface area contributed by atoms with Crippen LogP contribution in [-0.4, -0.2) is 63.1 Å². The van der Waals surface area contributed by atoms with Crippen LogP contribution in [0.15, 0.2) is 54.7 Å². The second kappa shape index (κ2) is 12.0. The Bertz CT molecular complexity index is 1270. The number of nitrogens with one attached hydrogen (secondary N) is 4. The number of para-hydroxylation sites is 1. The van der Waals surface area contributed by atoms with Crippen molar-refractivity contribution in [2.45, 2.75) is 50.9 Å². The minimum Gasteiger partial charge on any atom is -0.508 e. The van der Waals surface area contributed by atoms with E-state index in [0.29, 0.717) is 5.56 Å². The lowest BCUT2D eigenvalue weighted by molar-refractivity contribution is -0.142. The van der Waals surface area contributed by atoms with Crippen molar-refractivity contribution < 1.29 is 29.4 Å². The third-order valence-electron chi connectivity index (χ3n) is 5.89. The number of fused-ring (bicyclic) bond motifs is 1.